The van der Waals surface area contributed by atoms with E-state index in [9.17, 15) is 9.18 Å². The highest BCUT2D eigenvalue weighted by Gasteiger charge is 2.19. The third-order valence-corrected chi connectivity index (χ3v) is 4.19. The highest BCUT2D eigenvalue weighted by Crippen LogP contribution is 2.23. The van der Waals surface area contributed by atoms with Gasteiger partial charge in [-0.2, -0.15) is 0 Å². The van der Waals surface area contributed by atoms with Gasteiger partial charge in [0.1, 0.15) is 11.6 Å². The number of hydrogen-bond donors (Lipinski definition) is 1. The molecular weight excluding hydrogens is 377 g/mol. The smallest absolute Gasteiger partial charge is 0.257 e. The van der Waals surface area contributed by atoms with E-state index >= 15 is 0 Å². The van der Waals surface area contributed by atoms with Gasteiger partial charge in [0.2, 0.25) is 0 Å². The number of anilines is 1. The summed E-state index contributed by atoms with van der Waals surface area (Å²) in [6.45, 7) is 5.48. The van der Waals surface area contributed by atoms with Gasteiger partial charge in [-0.05, 0) is 45.0 Å². The fraction of sp³-hybridized carbons (Fsp3) is 0.176. The number of nitrogens with one attached hydrogen (secondary N) is 1. The van der Waals surface area contributed by atoms with Crippen molar-refractivity contribution in [2.45, 2.75) is 20.8 Å². The minimum Gasteiger partial charge on any atom is -0.360 e. The first-order chi connectivity index (χ1) is 11.4. The van der Waals surface area contributed by atoms with Crippen LogP contribution in [0.2, 0.25) is 0 Å². The van der Waals surface area contributed by atoms with E-state index < -0.39 is 5.82 Å². The molecule has 2 heterocycles. The average Bonchev–Trinajstić information content (AvgIpc) is 3.05. The fourth-order valence-electron chi connectivity index (χ4n) is 2.58. The van der Waals surface area contributed by atoms with Crippen LogP contribution in [0.1, 0.15) is 27.5 Å². The number of aryl methyl sites for hydroxylation is 2. The SMILES string of the molecule is Cc1cc(-n2c(C)cc(C(=O)Nc3ccc(Br)cc3F)c2C)no1. The summed E-state index contributed by atoms with van der Waals surface area (Å²) in [4.78, 5) is 12.5. The molecule has 5 nitrogen and oxygen atoms in total. The molecule has 1 aromatic carbocycles. The number of aromatic nitrogens is 2. The summed E-state index contributed by atoms with van der Waals surface area (Å²) >= 11 is 3.19. The Bertz CT molecular complexity index is 930. The molecule has 0 atom stereocenters. The number of carbonyl (C=O) groups is 1. The van der Waals surface area contributed by atoms with Crippen LogP contribution in [0.25, 0.3) is 5.82 Å². The maximum atomic E-state index is 13.9. The molecule has 0 saturated heterocycles. The van der Waals surface area contributed by atoms with Crippen LogP contribution in [0.4, 0.5) is 10.1 Å². The van der Waals surface area contributed by atoms with Crippen molar-refractivity contribution >= 4 is 27.5 Å². The number of nitrogens with zero attached hydrogens (tertiary/aromatic N) is 2. The molecule has 0 saturated carbocycles. The van der Waals surface area contributed by atoms with Crippen LogP contribution in [-0.2, 0) is 0 Å². The number of hydrogen-bond acceptors (Lipinski definition) is 3. The lowest BCUT2D eigenvalue weighted by atomic mass is 10.2. The second-order valence-electron chi connectivity index (χ2n) is 5.49. The van der Waals surface area contributed by atoms with E-state index in [4.69, 9.17) is 4.52 Å². The van der Waals surface area contributed by atoms with Crippen LogP contribution in [-0.4, -0.2) is 15.6 Å². The summed E-state index contributed by atoms with van der Waals surface area (Å²) in [6, 6.07) is 8.01. The van der Waals surface area contributed by atoms with E-state index in [1.54, 1.807) is 25.1 Å². The van der Waals surface area contributed by atoms with Gasteiger partial charge < -0.3 is 9.84 Å². The van der Waals surface area contributed by atoms with E-state index in [0.717, 1.165) is 5.69 Å². The number of carbonyl (C=O) groups excluding carboxylic acids is 1. The molecule has 0 radical (unpaired) electrons. The maximum absolute atomic E-state index is 13.9. The van der Waals surface area contributed by atoms with Crippen molar-refractivity contribution < 1.29 is 13.7 Å². The zero-order valence-corrected chi connectivity index (χ0v) is 14.9. The van der Waals surface area contributed by atoms with Gasteiger partial charge in [-0.15, -0.1) is 0 Å². The third-order valence-electron chi connectivity index (χ3n) is 3.70. The van der Waals surface area contributed by atoms with Crippen LogP contribution < -0.4 is 5.32 Å². The first-order valence-corrected chi connectivity index (χ1v) is 8.05. The maximum Gasteiger partial charge on any atom is 0.257 e. The second-order valence-corrected chi connectivity index (χ2v) is 6.41. The second kappa shape index (κ2) is 6.24. The van der Waals surface area contributed by atoms with E-state index in [1.165, 1.54) is 12.1 Å². The van der Waals surface area contributed by atoms with Crippen molar-refractivity contribution in [2.75, 3.05) is 5.32 Å². The molecule has 0 fully saturated rings. The van der Waals surface area contributed by atoms with Crippen molar-refractivity contribution in [3.8, 4) is 5.82 Å². The molecule has 1 amide bonds. The van der Waals surface area contributed by atoms with Crippen molar-refractivity contribution in [1.29, 1.82) is 0 Å². The van der Waals surface area contributed by atoms with Gasteiger partial charge >= 0.3 is 0 Å². The normalized spacial score (nSPS) is 10.9. The van der Waals surface area contributed by atoms with Gasteiger partial charge in [-0.3, -0.25) is 9.36 Å². The van der Waals surface area contributed by atoms with E-state index in [2.05, 4.69) is 26.4 Å². The zero-order valence-electron chi connectivity index (χ0n) is 13.4. The summed E-state index contributed by atoms with van der Waals surface area (Å²) in [6.07, 6.45) is 0. The van der Waals surface area contributed by atoms with Crippen molar-refractivity contribution in [3.05, 3.63) is 63.3 Å². The molecule has 0 unspecified atom stereocenters. The molecule has 0 aliphatic heterocycles. The molecule has 124 valence electrons. The molecule has 1 N–H and O–H groups in total. The van der Waals surface area contributed by atoms with Gasteiger partial charge in [0.05, 0.1) is 11.3 Å². The first kappa shape index (κ1) is 16.4. The Morgan fingerprint density at radius 2 is 2.00 bits per heavy atom. The summed E-state index contributed by atoms with van der Waals surface area (Å²) in [5.74, 6) is 0.409. The Kier molecular flexibility index (Phi) is 4.28. The lowest BCUT2D eigenvalue weighted by molar-refractivity contribution is 0.102. The Morgan fingerprint density at radius 3 is 2.62 bits per heavy atom. The highest BCUT2D eigenvalue weighted by molar-refractivity contribution is 9.10. The van der Waals surface area contributed by atoms with Crippen LogP contribution in [0, 0.1) is 26.6 Å². The van der Waals surface area contributed by atoms with Crippen molar-refractivity contribution in [1.82, 2.24) is 9.72 Å². The number of rotatable bonds is 3. The summed E-state index contributed by atoms with van der Waals surface area (Å²) in [5, 5.41) is 6.58. The lowest BCUT2D eigenvalue weighted by Crippen LogP contribution is -2.14. The quantitative estimate of drug-likeness (QED) is 0.712. The van der Waals surface area contributed by atoms with Crippen LogP contribution in [0.15, 0.2) is 39.3 Å². The van der Waals surface area contributed by atoms with E-state index in [1.807, 2.05) is 18.4 Å². The molecule has 0 spiro atoms. The van der Waals surface area contributed by atoms with Gasteiger partial charge in [-0.25, -0.2) is 4.39 Å². The van der Waals surface area contributed by atoms with Crippen molar-refractivity contribution in [2.24, 2.45) is 0 Å². The summed E-state index contributed by atoms with van der Waals surface area (Å²) in [5.41, 5.74) is 2.12. The highest BCUT2D eigenvalue weighted by atomic mass is 79.9. The lowest BCUT2D eigenvalue weighted by Gasteiger charge is -2.08. The van der Waals surface area contributed by atoms with E-state index in [0.29, 0.717) is 27.3 Å². The fourth-order valence-corrected chi connectivity index (χ4v) is 2.92. The molecule has 3 rings (SSSR count). The molecule has 2 aromatic heterocycles. The zero-order chi connectivity index (χ0) is 17.4. The predicted octanol–water partition coefficient (Wildman–Crippen LogP) is 4.54. The van der Waals surface area contributed by atoms with Crippen LogP contribution >= 0.6 is 15.9 Å². The summed E-state index contributed by atoms with van der Waals surface area (Å²) < 4.78 is 21.4. The average molecular weight is 392 g/mol. The summed E-state index contributed by atoms with van der Waals surface area (Å²) in [7, 11) is 0. The van der Waals surface area contributed by atoms with Crippen LogP contribution in [0.5, 0.6) is 0 Å². The largest absolute Gasteiger partial charge is 0.360 e. The Balaban J connectivity index is 1.94. The standard InChI is InChI=1S/C17H15BrFN3O2/c1-9-6-13(11(3)22(9)16-7-10(2)24-21-16)17(23)20-15-5-4-12(18)8-14(15)19/h4-8H,1-3H3,(H,20,23). The number of amides is 1. The number of benzene rings is 1. The molecule has 3 aromatic rings. The first-order valence-electron chi connectivity index (χ1n) is 7.26. The predicted molar refractivity (Wildman–Crippen MR) is 92.1 cm³/mol. The monoisotopic (exact) mass is 391 g/mol. The molecule has 0 aliphatic carbocycles. The molecule has 7 heteroatoms. The number of halogens is 2. The Morgan fingerprint density at radius 1 is 1.25 bits per heavy atom. The molecule has 24 heavy (non-hydrogen) atoms. The minimum atomic E-state index is -0.501. The Labute approximate surface area is 146 Å². The third kappa shape index (κ3) is 2.99. The van der Waals surface area contributed by atoms with Gasteiger partial charge in [0, 0.05) is 21.9 Å². The molecule has 0 bridgehead atoms. The van der Waals surface area contributed by atoms with Gasteiger partial charge in [0.15, 0.2) is 5.82 Å². The van der Waals surface area contributed by atoms with Gasteiger partial charge in [0.25, 0.3) is 5.91 Å². The molecular formula is C17H15BrFN3O2. The van der Waals surface area contributed by atoms with Crippen LogP contribution in [0.3, 0.4) is 0 Å². The van der Waals surface area contributed by atoms with E-state index in [-0.39, 0.29) is 11.6 Å². The van der Waals surface area contributed by atoms with Crippen molar-refractivity contribution in [3.63, 3.8) is 0 Å². The van der Waals surface area contributed by atoms with Gasteiger partial charge in [-0.1, -0.05) is 21.1 Å². The minimum absolute atomic E-state index is 0.130. The Hall–Kier alpha value is -2.41. The topological polar surface area (TPSA) is 60.1 Å². The molecule has 0 aliphatic rings.